The fourth-order valence-corrected chi connectivity index (χ4v) is 2.86. The Bertz CT molecular complexity index is 911. The average molecular weight is 379 g/mol. The number of carbonyl (C=O) groups is 3. The second-order valence-corrected chi connectivity index (χ2v) is 6.28. The van der Waals surface area contributed by atoms with Crippen LogP contribution in [0.25, 0.3) is 0 Å². The molecule has 7 nitrogen and oxygen atoms in total. The minimum absolute atomic E-state index is 0.173. The van der Waals surface area contributed by atoms with E-state index < -0.39 is 6.10 Å². The Balaban J connectivity index is 1.66. The number of amides is 3. The first-order valence-corrected chi connectivity index (χ1v) is 8.85. The van der Waals surface area contributed by atoms with E-state index >= 15 is 0 Å². The van der Waals surface area contributed by atoms with Gasteiger partial charge in [-0.2, -0.15) is 0 Å². The van der Waals surface area contributed by atoms with Gasteiger partial charge in [0.1, 0.15) is 5.75 Å². The third kappa shape index (κ3) is 4.20. The first kappa shape index (κ1) is 19.2. The largest absolute Gasteiger partial charge is 0.479 e. The molecule has 1 unspecified atom stereocenters. The first-order chi connectivity index (χ1) is 13.5. The van der Waals surface area contributed by atoms with Crippen LogP contribution in [0.3, 0.4) is 0 Å². The SMILES string of the molecule is C=CCN1C(=O)C(C)Oc2ccc(NC(=O)CNC(=O)c3ccccc3)cc21. The minimum Gasteiger partial charge on any atom is -0.479 e. The molecular formula is C21H21N3O4. The molecule has 0 bridgehead atoms. The van der Waals surface area contributed by atoms with Crippen LogP contribution in [0.2, 0.25) is 0 Å². The van der Waals surface area contributed by atoms with Gasteiger partial charge >= 0.3 is 0 Å². The fourth-order valence-electron chi connectivity index (χ4n) is 2.86. The molecule has 3 rings (SSSR count). The Labute approximate surface area is 163 Å². The summed E-state index contributed by atoms with van der Waals surface area (Å²) in [5, 5.41) is 5.28. The van der Waals surface area contributed by atoms with Crippen molar-refractivity contribution in [2.24, 2.45) is 0 Å². The first-order valence-electron chi connectivity index (χ1n) is 8.85. The highest BCUT2D eigenvalue weighted by atomic mass is 16.5. The lowest BCUT2D eigenvalue weighted by atomic mass is 10.1. The summed E-state index contributed by atoms with van der Waals surface area (Å²) in [5.74, 6) is -0.322. The Morgan fingerprint density at radius 2 is 1.96 bits per heavy atom. The maximum absolute atomic E-state index is 12.3. The molecule has 0 fully saturated rings. The summed E-state index contributed by atoms with van der Waals surface area (Å²) in [5.41, 5.74) is 1.54. The van der Waals surface area contributed by atoms with Crippen molar-refractivity contribution in [2.45, 2.75) is 13.0 Å². The number of anilines is 2. The molecule has 1 aliphatic rings. The number of rotatable bonds is 6. The molecule has 0 spiro atoms. The van der Waals surface area contributed by atoms with Gasteiger partial charge in [0, 0.05) is 17.8 Å². The van der Waals surface area contributed by atoms with Gasteiger partial charge in [0.15, 0.2) is 6.10 Å². The molecule has 1 atom stereocenters. The Hall–Kier alpha value is -3.61. The lowest BCUT2D eigenvalue weighted by Crippen LogP contribution is -2.44. The van der Waals surface area contributed by atoms with Crippen molar-refractivity contribution in [1.29, 1.82) is 0 Å². The lowest BCUT2D eigenvalue weighted by molar-refractivity contribution is -0.125. The van der Waals surface area contributed by atoms with Crippen LogP contribution in [0.1, 0.15) is 17.3 Å². The normalized spacial score (nSPS) is 15.2. The Kier molecular flexibility index (Phi) is 5.74. The van der Waals surface area contributed by atoms with Crippen molar-refractivity contribution in [3.63, 3.8) is 0 Å². The third-order valence-corrected chi connectivity index (χ3v) is 4.21. The van der Waals surface area contributed by atoms with Gasteiger partial charge < -0.3 is 20.3 Å². The number of nitrogens with zero attached hydrogens (tertiary/aromatic N) is 1. The van der Waals surface area contributed by atoms with Gasteiger partial charge in [0.2, 0.25) is 5.91 Å². The fraction of sp³-hybridized carbons (Fsp3) is 0.190. The molecule has 1 aliphatic heterocycles. The van der Waals surface area contributed by atoms with E-state index in [-0.39, 0.29) is 24.3 Å². The second-order valence-electron chi connectivity index (χ2n) is 6.28. The average Bonchev–Trinajstić information content (AvgIpc) is 2.70. The van der Waals surface area contributed by atoms with Crippen molar-refractivity contribution < 1.29 is 19.1 Å². The van der Waals surface area contributed by atoms with Crippen molar-refractivity contribution in [2.75, 3.05) is 23.3 Å². The molecule has 3 amide bonds. The quantitative estimate of drug-likeness (QED) is 0.755. The maximum atomic E-state index is 12.3. The van der Waals surface area contributed by atoms with Gasteiger partial charge in [-0.3, -0.25) is 14.4 Å². The minimum atomic E-state index is -0.582. The molecule has 1 heterocycles. The van der Waals surface area contributed by atoms with Gasteiger partial charge in [0.25, 0.3) is 11.8 Å². The molecular weight excluding hydrogens is 358 g/mol. The summed E-state index contributed by atoms with van der Waals surface area (Å²) < 4.78 is 5.61. The zero-order valence-electron chi connectivity index (χ0n) is 15.5. The molecule has 2 aromatic carbocycles. The summed E-state index contributed by atoms with van der Waals surface area (Å²) in [6.45, 7) is 5.53. The summed E-state index contributed by atoms with van der Waals surface area (Å²) in [7, 11) is 0. The van der Waals surface area contributed by atoms with E-state index in [1.807, 2.05) is 6.07 Å². The molecule has 0 saturated heterocycles. The van der Waals surface area contributed by atoms with Crippen LogP contribution in [-0.2, 0) is 9.59 Å². The smallest absolute Gasteiger partial charge is 0.268 e. The van der Waals surface area contributed by atoms with E-state index in [0.717, 1.165) is 0 Å². The van der Waals surface area contributed by atoms with Crippen LogP contribution in [0.15, 0.2) is 61.2 Å². The van der Waals surface area contributed by atoms with Gasteiger partial charge in [-0.05, 0) is 37.3 Å². The molecule has 2 aromatic rings. The van der Waals surface area contributed by atoms with Crippen molar-refractivity contribution >= 4 is 29.1 Å². The van der Waals surface area contributed by atoms with E-state index in [0.29, 0.717) is 29.2 Å². The van der Waals surface area contributed by atoms with Gasteiger partial charge in [-0.15, -0.1) is 6.58 Å². The summed E-state index contributed by atoms with van der Waals surface area (Å²) in [6.07, 6.45) is 1.05. The molecule has 7 heteroatoms. The number of ether oxygens (including phenoxy) is 1. The standard InChI is InChI=1S/C21H21N3O4/c1-3-11-24-17-12-16(9-10-18(17)28-14(2)21(24)27)23-19(25)13-22-20(26)15-7-5-4-6-8-15/h3-10,12,14H,1,11,13H2,2H3,(H,22,26)(H,23,25). The van der Waals surface area contributed by atoms with E-state index in [4.69, 9.17) is 4.74 Å². The highest BCUT2D eigenvalue weighted by molar-refractivity contribution is 6.02. The molecule has 0 aromatic heterocycles. The monoisotopic (exact) mass is 379 g/mol. The van der Waals surface area contributed by atoms with Crippen LogP contribution in [0.4, 0.5) is 11.4 Å². The van der Waals surface area contributed by atoms with E-state index in [9.17, 15) is 14.4 Å². The summed E-state index contributed by atoms with van der Waals surface area (Å²) in [4.78, 5) is 38.1. The maximum Gasteiger partial charge on any atom is 0.268 e. The molecule has 0 radical (unpaired) electrons. The van der Waals surface area contributed by atoms with Crippen molar-refractivity contribution in [3.8, 4) is 5.75 Å². The van der Waals surface area contributed by atoms with Crippen molar-refractivity contribution in [3.05, 3.63) is 66.7 Å². The van der Waals surface area contributed by atoms with E-state index in [1.165, 1.54) is 0 Å². The predicted octanol–water partition coefficient (Wildman–Crippen LogP) is 2.35. The van der Waals surface area contributed by atoms with Gasteiger partial charge in [0.05, 0.1) is 12.2 Å². The number of fused-ring (bicyclic) bond motifs is 1. The highest BCUT2D eigenvalue weighted by Gasteiger charge is 2.31. The highest BCUT2D eigenvalue weighted by Crippen LogP contribution is 2.36. The Morgan fingerprint density at radius 1 is 1.21 bits per heavy atom. The van der Waals surface area contributed by atoms with Crippen LogP contribution < -0.4 is 20.3 Å². The van der Waals surface area contributed by atoms with Gasteiger partial charge in [-0.1, -0.05) is 24.3 Å². The van der Waals surface area contributed by atoms with Gasteiger partial charge in [-0.25, -0.2) is 0 Å². The van der Waals surface area contributed by atoms with Crippen LogP contribution >= 0.6 is 0 Å². The lowest BCUT2D eigenvalue weighted by Gasteiger charge is -2.32. The van der Waals surface area contributed by atoms with Crippen LogP contribution in [0.5, 0.6) is 5.75 Å². The zero-order chi connectivity index (χ0) is 20.1. The molecule has 0 saturated carbocycles. The number of benzene rings is 2. The molecule has 0 aliphatic carbocycles. The number of hydrogen-bond acceptors (Lipinski definition) is 4. The third-order valence-electron chi connectivity index (χ3n) is 4.21. The Morgan fingerprint density at radius 3 is 2.68 bits per heavy atom. The molecule has 2 N–H and O–H groups in total. The molecule has 28 heavy (non-hydrogen) atoms. The zero-order valence-corrected chi connectivity index (χ0v) is 15.5. The summed E-state index contributed by atoms with van der Waals surface area (Å²) >= 11 is 0. The summed E-state index contributed by atoms with van der Waals surface area (Å²) in [6, 6.07) is 13.7. The van der Waals surface area contributed by atoms with Crippen LogP contribution in [0, 0.1) is 0 Å². The van der Waals surface area contributed by atoms with E-state index in [2.05, 4.69) is 17.2 Å². The number of carbonyl (C=O) groups excluding carboxylic acids is 3. The number of nitrogens with one attached hydrogen (secondary N) is 2. The second kappa shape index (κ2) is 8.39. The predicted molar refractivity (Wildman–Crippen MR) is 106 cm³/mol. The number of hydrogen-bond donors (Lipinski definition) is 2. The molecule has 144 valence electrons. The van der Waals surface area contributed by atoms with Crippen LogP contribution in [-0.4, -0.2) is 36.9 Å². The topological polar surface area (TPSA) is 87.7 Å². The van der Waals surface area contributed by atoms with E-state index in [1.54, 1.807) is 60.4 Å². The van der Waals surface area contributed by atoms with Crippen molar-refractivity contribution in [1.82, 2.24) is 5.32 Å².